The van der Waals surface area contributed by atoms with Gasteiger partial charge in [0, 0.05) is 18.7 Å². The van der Waals surface area contributed by atoms with Gasteiger partial charge in [-0.15, -0.1) is 0 Å². The number of likely N-dealkylation sites (tertiary alicyclic amines) is 1. The molecule has 0 saturated carbocycles. The number of aliphatic hydroxyl groups excluding tert-OH is 1. The number of hydrogen-bond acceptors (Lipinski definition) is 5. The van der Waals surface area contributed by atoms with Crippen molar-refractivity contribution >= 4 is 10.0 Å². The highest BCUT2D eigenvalue weighted by Gasteiger charge is 2.23. The second-order valence-electron chi connectivity index (χ2n) is 7.47. The zero-order valence-corrected chi connectivity index (χ0v) is 17.2. The van der Waals surface area contributed by atoms with Crippen LogP contribution in [0.2, 0.25) is 0 Å². The number of nitrogens with zero attached hydrogens (tertiary/aromatic N) is 1. The van der Waals surface area contributed by atoms with Crippen LogP contribution in [0.5, 0.6) is 5.75 Å². The number of piperidine rings is 1. The Morgan fingerprint density at radius 3 is 2.52 bits per heavy atom. The molecule has 1 aliphatic heterocycles. The largest absolute Gasteiger partial charge is 0.491 e. The summed E-state index contributed by atoms with van der Waals surface area (Å²) in [6.45, 7) is 1.87. The highest BCUT2D eigenvalue weighted by Crippen LogP contribution is 2.25. The monoisotopic (exact) mass is 422 g/mol. The number of hydrogen-bond donors (Lipinski definition) is 2. The van der Waals surface area contributed by atoms with E-state index in [9.17, 15) is 17.9 Å². The predicted octanol–water partition coefficient (Wildman–Crippen LogP) is 2.25. The third-order valence-electron chi connectivity index (χ3n) is 4.86. The van der Waals surface area contributed by atoms with E-state index in [1.165, 1.54) is 12.1 Å². The summed E-state index contributed by atoms with van der Waals surface area (Å²) in [4.78, 5) is 2.08. The van der Waals surface area contributed by atoms with E-state index in [-0.39, 0.29) is 12.6 Å². The molecule has 1 fully saturated rings. The van der Waals surface area contributed by atoms with Gasteiger partial charge in [-0.05, 0) is 49.2 Å². The highest BCUT2D eigenvalue weighted by atomic mass is 32.2. The van der Waals surface area contributed by atoms with Crippen molar-refractivity contribution in [3.05, 3.63) is 54.3 Å². The van der Waals surface area contributed by atoms with Crippen molar-refractivity contribution < 1.29 is 22.7 Å². The lowest BCUT2D eigenvalue weighted by Crippen LogP contribution is -2.46. The first-order valence-electron chi connectivity index (χ1n) is 9.65. The molecule has 0 aromatic heterocycles. The number of sulfonamides is 1. The van der Waals surface area contributed by atoms with Crippen molar-refractivity contribution in [3.8, 4) is 16.9 Å². The molecular weight excluding hydrogens is 395 g/mol. The van der Waals surface area contributed by atoms with E-state index in [2.05, 4.69) is 9.62 Å². The molecule has 6 nitrogen and oxygen atoms in total. The summed E-state index contributed by atoms with van der Waals surface area (Å²) in [5.74, 6) is -0.0183. The molecule has 0 amide bonds. The van der Waals surface area contributed by atoms with Crippen LogP contribution in [0.1, 0.15) is 12.8 Å². The lowest BCUT2D eigenvalue weighted by Gasteiger charge is -2.33. The maximum atomic E-state index is 14.0. The molecule has 2 N–H and O–H groups in total. The second-order valence-corrected chi connectivity index (χ2v) is 9.25. The van der Waals surface area contributed by atoms with E-state index in [1.54, 1.807) is 6.07 Å². The zero-order valence-electron chi connectivity index (χ0n) is 16.4. The summed E-state index contributed by atoms with van der Waals surface area (Å²) in [5.41, 5.74) is 1.61. The third kappa shape index (κ3) is 7.08. The average molecular weight is 423 g/mol. The second kappa shape index (κ2) is 9.67. The van der Waals surface area contributed by atoms with Crippen LogP contribution in [0.4, 0.5) is 4.39 Å². The fourth-order valence-electron chi connectivity index (χ4n) is 3.52. The van der Waals surface area contributed by atoms with Crippen molar-refractivity contribution in [2.75, 3.05) is 32.5 Å². The molecule has 158 valence electrons. The molecule has 1 atom stereocenters. The predicted molar refractivity (Wildman–Crippen MR) is 111 cm³/mol. The molecule has 0 spiro atoms. The van der Waals surface area contributed by atoms with Crippen LogP contribution in [0.3, 0.4) is 0 Å². The molecule has 1 unspecified atom stereocenters. The van der Waals surface area contributed by atoms with Gasteiger partial charge < -0.3 is 14.7 Å². The smallest absolute Gasteiger partial charge is 0.208 e. The van der Waals surface area contributed by atoms with E-state index in [0.29, 0.717) is 38.2 Å². The van der Waals surface area contributed by atoms with Crippen LogP contribution < -0.4 is 9.46 Å². The van der Waals surface area contributed by atoms with Crippen molar-refractivity contribution in [2.45, 2.75) is 25.0 Å². The number of β-amino-alcohol motifs (C(OH)–C–C–N with tert-alkyl or cyclic N) is 1. The Kier molecular flexibility index (Phi) is 7.23. The Bertz CT molecular complexity index is 900. The molecule has 1 aliphatic rings. The van der Waals surface area contributed by atoms with Gasteiger partial charge in [0.15, 0.2) is 0 Å². The van der Waals surface area contributed by atoms with E-state index < -0.39 is 21.9 Å². The van der Waals surface area contributed by atoms with Gasteiger partial charge >= 0.3 is 0 Å². The summed E-state index contributed by atoms with van der Waals surface area (Å²) >= 11 is 0. The van der Waals surface area contributed by atoms with E-state index in [1.807, 2.05) is 30.3 Å². The molecule has 29 heavy (non-hydrogen) atoms. The number of halogens is 1. The van der Waals surface area contributed by atoms with Crippen molar-refractivity contribution in [2.24, 2.45) is 0 Å². The number of ether oxygens (including phenoxy) is 1. The van der Waals surface area contributed by atoms with Gasteiger partial charge in [0.05, 0.1) is 6.26 Å². The highest BCUT2D eigenvalue weighted by molar-refractivity contribution is 7.88. The zero-order chi connectivity index (χ0) is 20.9. The quantitative estimate of drug-likeness (QED) is 0.682. The minimum absolute atomic E-state index is 0.0548. The Hall–Kier alpha value is -2.00. The van der Waals surface area contributed by atoms with Crippen LogP contribution in [-0.4, -0.2) is 63.1 Å². The fraction of sp³-hybridized carbons (Fsp3) is 0.429. The first-order valence-corrected chi connectivity index (χ1v) is 11.5. The van der Waals surface area contributed by atoms with Gasteiger partial charge in [0.25, 0.3) is 0 Å². The number of benzene rings is 2. The van der Waals surface area contributed by atoms with Gasteiger partial charge in [0.1, 0.15) is 24.3 Å². The van der Waals surface area contributed by atoms with Gasteiger partial charge in [0.2, 0.25) is 10.0 Å². The summed E-state index contributed by atoms with van der Waals surface area (Å²) in [6.07, 6.45) is 1.84. The van der Waals surface area contributed by atoms with Crippen molar-refractivity contribution in [1.82, 2.24) is 9.62 Å². The topological polar surface area (TPSA) is 78.9 Å². The Morgan fingerprint density at radius 1 is 1.17 bits per heavy atom. The van der Waals surface area contributed by atoms with Crippen LogP contribution >= 0.6 is 0 Å². The third-order valence-corrected chi connectivity index (χ3v) is 5.62. The van der Waals surface area contributed by atoms with Gasteiger partial charge in [-0.3, -0.25) is 0 Å². The number of rotatable bonds is 8. The van der Waals surface area contributed by atoms with E-state index in [4.69, 9.17) is 4.74 Å². The average Bonchev–Trinajstić information content (AvgIpc) is 2.67. The van der Waals surface area contributed by atoms with Crippen LogP contribution in [0, 0.1) is 5.82 Å². The van der Waals surface area contributed by atoms with Crippen molar-refractivity contribution in [1.29, 1.82) is 0 Å². The minimum atomic E-state index is -3.20. The molecule has 1 saturated heterocycles. The molecule has 0 radical (unpaired) electrons. The molecular formula is C21H27FN2O4S. The summed E-state index contributed by atoms with van der Waals surface area (Å²) in [5, 5.41) is 10.3. The SMILES string of the molecule is CS(=O)(=O)NC1CCN(CC(O)COc2cc(F)cc(-c3ccccc3)c2)CC1. The Labute approximate surface area is 171 Å². The molecule has 3 rings (SSSR count). The van der Waals surface area contributed by atoms with E-state index in [0.717, 1.165) is 17.4 Å². The van der Waals surface area contributed by atoms with Gasteiger partial charge in [-0.2, -0.15) is 0 Å². The van der Waals surface area contributed by atoms with Crippen molar-refractivity contribution in [3.63, 3.8) is 0 Å². The maximum absolute atomic E-state index is 14.0. The fourth-order valence-corrected chi connectivity index (χ4v) is 4.36. The molecule has 1 heterocycles. The van der Waals surface area contributed by atoms with E-state index >= 15 is 0 Å². The lowest BCUT2D eigenvalue weighted by atomic mass is 10.1. The van der Waals surface area contributed by atoms with Crippen LogP contribution in [0.15, 0.2) is 48.5 Å². The standard InChI is InChI=1S/C21H27FN2O4S/c1-29(26,27)23-19-7-9-24(10-8-19)14-20(25)15-28-21-12-17(11-18(22)13-21)16-5-3-2-4-6-16/h2-6,11-13,19-20,23,25H,7-10,14-15H2,1H3. The summed E-state index contributed by atoms with van der Waals surface area (Å²) in [6, 6.07) is 13.9. The lowest BCUT2D eigenvalue weighted by molar-refractivity contribution is 0.0589. The summed E-state index contributed by atoms with van der Waals surface area (Å²) < 4.78 is 44.8. The first-order chi connectivity index (χ1) is 13.8. The Morgan fingerprint density at radius 2 is 1.86 bits per heavy atom. The molecule has 2 aromatic carbocycles. The first kappa shape index (κ1) is 21.7. The normalized spacial score (nSPS) is 17.2. The van der Waals surface area contributed by atoms with Gasteiger partial charge in [-0.1, -0.05) is 30.3 Å². The number of nitrogens with one attached hydrogen (secondary N) is 1. The van der Waals surface area contributed by atoms with Crippen LogP contribution in [0.25, 0.3) is 11.1 Å². The molecule has 0 bridgehead atoms. The molecule has 0 aliphatic carbocycles. The Balaban J connectivity index is 1.49. The minimum Gasteiger partial charge on any atom is -0.491 e. The summed E-state index contributed by atoms with van der Waals surface area (Å²) in [7, 11) is -3.20. The maximum Gasteiger partial charge on any atom is 0.208 e. The molecule has 2 aromatic rings. The number of aliphatic hydroxyl groups is 1. The molecule has 8 heteroatoms. The van der Waals surface area contributed by atoms with Gasteiger partial charge in [-0.25, -0.2) is 17.5 Å². The van der Waals surface area contributed by atoms with Crippen LogP contribution in [-0.2, 0) is 10.0 Å².